The van der Waals surface area contributed by atoms with Gasteiger partial charge < -0.3 is 5.11 Å². The molecule has 1 aliphatic heterocycles. The number of quaternary nitrogens is 1. The lowest BCUT2D eigenvalue weighted by Crippen LogP contribution is -2.79. The van der Waals surface area contributed by atoms with E-state index in [2.05, 4.69) is 27.7 Å². The molecule has 0 saturated heterocycles. The van der Waals surface area contributed by atoms with E-state index in [9.17, 15) is 9.90 Å². The molecule has 0 radical (unpaired) electrons. The molecule has 1 heterocycles. The van der Waals surface area contributed by atoms with Crippen LogP contribution in [-0.2, 0) is 5.75 Å². The standard InChI is InChI=1S/C22H17ClN4O2S/c23-19-11-14(7-8-20(19)28)21(29)27-26-12-15-5-6-16(13-30-22-24-9-10-25-22)18-4-2-1-3-17(15)18/h1-12,28H,13H2,(H,24,25)(H,27,29)/p+1/b26-12+. The van der Waals surface area contributed by atoms with Crippen LogP contribution < -0.4 is 10.7 Å². The van der Waals surface area contributed by atoms with Crippen LogP contribution in [0.4, 0.5) is 0 Å². The Labute approximate surface area is 182 Å². The second-order valence-corrected chi connectivity index (χ2v) is 7.89. The van der Waals surface area contributed by atoms with Gasteiger partial charge >= 0.3 is 0 Å². The van der Waals surface area contributed by atoms with Crippen molar-refractivity contribution < 1.29 is 15.2 Å². The molecule has 0 aliphatic carbocycles. The Balaban J connectivity index is 1.50. The number of nitrogens with two attached hydrogens (primary N) is 1. The summed E-state index contributed by atoms with van der Waals surface area (Å²) in [6, 6.07) is 16.4. The molecular formula is C22H18ClN4O2S+. The second-order valence-electron chi connectivity index (χ2n) is 6.49. The Morgan fingerprint density at radius 3 is 2.80 bits per heavy atom. The minimum atomic E-state index is -0.410. The predicted molar refractivity (Wildman–Crippen MR) is 122 cm³/mol. The Hall–Kier alpha value is -3.13. The summed E-state index contributed by atoms with van der Waals surface area (Å²) < 4.78 is 0. The van der Waals surface area contributed by atoms with Gasteiger partial charge in [-0.2, -0.15) is 10.1 Å². The maximum Gasteiger partial charge on any atom is 0.271 e. The van der Waals surface area contributed by atoms with Crippen molar-refractivity contribution in [2.24, 2.45) is 10.1 Å². The zero-order valence-electron chi connectivity index (χ0n) is 15.7. The maximum atomic E-state index is 12.2. The van der Waals surface area contributed by atoms with Crippen molar-refractivity contribution in [3.05, 3.63) is 88.7 Å². The molecule has 0 unspecified atom stereocenters. The summed E-state index contributed by atoms with van der Waals surface area (Å²) in [6.07, 6.45) is 5.35. The van der Waals surface area contributed by atoms with Gasteiger partial charge in [0.15, 0.2) is 0 Å². The van der Waals surface area contributed by atoms with E-state index in [4.69, 9.17) is 11.6 Å². The van der Waals surface area contributed by atoms with Crippen LogP contribution in [0.2, 0.25) is 5.02 Å². The maximum absolute atomic E-state index is 12.2. The van der Waals surface area contributed by atoms with E-state index in [0.717, 1.165) is 27.3 Å². The minimum Gasteiger partial charge on any atom is -0.506 e. The summed E-state index contributed by atoms with van der Waals surface area (Å²) in [7, 11) is 0. The van der Waals surface area contributed by atoms with Crippen LogP contribution >= 0.6 is 23.4 Å². The number of amidine groups is 1. The summed E-state index contributed by atoms with van der Waals surface area (Å²) in [4.78, 5) is 16.5. The monoisotopic (exact) mass is 437 g/mol. The molecule has 3 aromatic carbocycles. The van der Waals surface area contributed by atoms with Crippen LogP contribution in [0.5, 0.6) is 5.75 Å². The number of rotatable bonds is 5. The Morgan fingerprint density at radius 1 is 1.20 bits per heavy atom. The summed E-state index contributed by atoms with van der Waals surface area (Å²) in [5.41, 5.74) is 4.91. The SMILES string of the molecule is O=C(N/N=C/c1ccc(CSC2=NC=C[NH2+]2)c2ccccc12)c1ccc(O)c(Cl)c1. The number of aliphatic imine (C=N–C) groups is 1. The number of thioether (sulfide) groups is 1. The normalized spacial score (nSPS) is 13.2. The molecule has 0 atom stereocenters. The Kier molecular flexibility index (Phi) is 6.13. The number of benzene rings is 3. The molecule has 0 bridgehead atoms. The first-order chi connectivity index (χ1) is 14.6. The van der Waals surface area contributed by atoms with Gasteiger partial charge in [0.25, 0.3) is 11.1 Å². The molecule has 150 valence electrons. The lowest BCUT2D eigenvalue weighted by atomic mass is 10.0. The van der Waals surface area contributed by atoms with Gasteiger partial charge in [-0.1, -0.05) is 48.0 Å². The van der Waals surface area contributed by atoms with E-state index in [1.807, 2.05) is 35.8 Å². The van der Waals surface area contributed by atoms with Gasteiger partial charge in [-0.25, -0.2) is 5.43 Å². The number of phenolic OH excluding ortho intramolecular Hbond substituents is 1. The number of carbonyl (C=O) groups excluding carboxylic acids is 1. The van der Waals surface area contributed by atoms with Crippen molar-refractivity contribution >= 4 is 51.4 Å². The van der Waals surface area contributed by atoms with E-state index in [1.54, 1.807) is 24.2 Å². The molecule has 1 aliphatic rings. The highest BCUT2D eigenvalue weighted by molar-refractivity contribution is 8.12. The number of hydrogen-bond donors (Lipinski definition) is 3. The fourth-order valence-electron chi connectivity index (χ4n) is 3.02. The van der Waals surface area contributed by atoms with Gasteiger partial charge in [-0.05, 0) is 46.3 Å². The smallest absolute Gasteiger partial charge is 0.271 e. The van der Waals surface area contributed by atoms with Gasteiger partial charge in [0, 0.05) is 16.9 Å². The highest BCUT2D eigenvalue weighted by Gasteiger charge is 2.11. The average molecular weight is 438 g/mol. The van der Waals surface area contributed by atoms with Crippen molar-refractivity contribution in [2.75, 3.05) is 0 Å². The third kappa shape index (κ3) is 4.54. The van der Waals surface area contributed by atoms with Gasteiger partial charge in [0.05, 0.1) is 17.4 Å². The number of fused-ring (bicyclic) bond motifs is 1. The van der Waals surface area contributed by atoms with Crippen LogP contribution in [0, 0.1) is 0 Å². The molecule has 0 aromatic heterocycles. The van der Waals surface area contributed by atoms with Crippen molar-refractivity contribution in [3.8, 4) is 5.75 Å². The molecule has 0 fully saturated rings. The van der Waals surface area contributed by atoms with Crippen LogP contribution in [0.25, 0.3) is 10.8 Å². The number of nitrogens with zero attached hydrogens (tertiary/aromatic N) is 2. The summed E-state index contributed by atoms with van der Waals surface area (Å²) in [5.74, 6) is 0.330. The van der Waals surface area contributed by atoms with Gasteiger partial charge in [0.2, 0.25) is 0 Å². The highest BCUT2D eigenvalue weighted by atomic mass is 35.5. The zero-order chi connectivity index (χ0) is 20.9. The van der Waals surface area contributed by atoms with E-state index in [-0.39, 0.29) is 10.8 Å². The zero-order valence-corrected chi connectivity index (χ0v) is 17.3. The van der Waals surface area contributed by atoms with Crippen LogP contribution in [-0.4, -0.2) is 22.4 Å². The molecule has 0 spiro atoms. The minimum absolute atomic E-state index is 0.0735. The van der Waals surface area contributed by atoms with E-state index in [1.165, 1.54) is 23.8 Å². The second kappa shape index (κ2) is 9.13. The molecule has 0 saturated carbocycles. The van der Waals surface area contributed by atoms with Gasteiger partial charge in [-0.15, -0.1) is 0 Å². The molecule has 4 rings (SSSR count). The average Bonchev–Trinajstić information content (AvgIpc) is 3.28. The fourth-order valence-corrected chi connectivity index (χ4v) is 4.06. The number of aromatic hydroxyl groups is 1. The molecule has 1 amide bonds. The number of phenols is 1. The van der Waals surface area contributed by atoms with Crippen LogP contribution in [0.1, 0.15) is 21.5 Å². The lowest BCUT2D eigenvalue weighted by molar-refractivity contribution is -0.451. The molecular weight excluding hydrogens is 420 g/mol. The van der Waals surface area contributed by atoms with Gasteiger partial charge in [0.1, 0.15) is 11.9 Å². The van der Waals surface area contributed by atoms with Crippen molar-refractivity contribution in [1.29, 1.82) is 0 Å². The largest absolute Gasteiger partial charge is 0.506 e. The van der Waals surface area contributed by atoms with Crippen molar-refractivity contribution in [2.45, 2.75) is 5.75 Å². The van der Waals surface area contributed by atoms with Gasteiger partial charge in [-0.3, -0.25) is 10.1 Å². The first kappa shape index (κ1) is 20.2. The lowest BCUT2D eigenvalue weighted by Gasteiger charge is -2.08. The number of hydrazone groups is 1. The van der Waals surface area contributed by atoms with E-state index >= 15 is 0 Å². The molecule has 30 heavy (non-hydrogen) atoms. The van der Waals surface area contributed by atoms with Crippen LogP contribution in [0.3, 0.4) is 0 Å². The number of halogens is 1. The quantitative estimate of drug-likeness (QED) is 0.420. The number of hydrogen-bond acceptors (Lipinski definition) is 5. The number of carbonyl (C=O) groups is 1. The third-order valence-electron chi connectivity index (χ3n) is 4.53. The topological polar surface area (TPSA) is 90.7 Å². The fraction of sp³-hybridized carbons (Fsp3) is 0.0455. The first-order valence-corrected chi connectivity index (χ1v) is 10.5. The van der Waals surface area contributed by atoms with Crippen molar-refractivity contribution in [1.82, 2.24) is 5.43 Å². The molecule has 4 N–H and O–H groups in total. The molecule has 6 nitrogen and oxygen atoms in total. The molecule has 8 heteroatoms. The highest BCUT2D eigenvalue weighted by Crippen LogP contribution is 2.26. The number of amides is 1. The van der Waals surface area contributed by atoms with Crippen LogP contribution in [0.15, 0.2) is 77.1 Å². The summed E-state index contributed by atoms with van der Waals surface area (Å²) >= 11 is 7.54. The number of nitrogens with one attached hydrogen (secondary N) is 1. The van der Waals surface area contributed by atoms with Crippen molar-refractivity contribution in [3.63, 3.8) is 0 Å². The summed E-state index contributed by atoms with van der Waals surface area (Å²) in [5, 5.41) is 18.9. The Morgan fingerprint density at radius 2 is 2.03 bits per heavy atom. The predicted octanol–water partition coefficient (Wildman–Crippen LogP) is 3.60. The molecule has 3 aromatic rings. The van der Waals surface area contributed by atoms with E-state index in [0.29, 0.717) is 5.56 Å². The van der Waals surface area contributed by atoms with E-state index < -0.39 is 5.91 Å². The summed E-state index contributed by atoms with van der Waals surface area (Å²) in [6.45, 7) is 0. The Bertz CT molecular complexity index is 1210. The first-order valence-electron chi connectivity index (χ1n) is 9.15. The third-order valence-corrected chi connectivity index (χ3v) is 5.83.